The highest BCUT2D eigenvalue weighted by molar-refractivity contribution is 9.09. The lowest BCUT2D eigenvalue weighted by Gasteiger charge is -2.59. The molecule has 0 N–H and O–H groups in total. The maximum Gasteiger partial charge on any atom is 0.334 e. The van der Waals surface area contributed by atoms with E-state index in [0.717, 1.165) is 30.6 Å². The Morgan fingerprint density at radius 2 is 1.94 bits per heavy atom. The van der Waals surface area contributed by atoms with Gasteiger partial charge in [-0.2, -0.15) is 0 Å². The molecular weight excluding hydrogens is 292 g/mol. The highest BCUT2D eigenvalue weighted by Gasteiger charge is 2.57. The number of rotatable bonds is 3. The van der Waals surface area contributed by atoms with Gasteiger partial charge in [0.15, 0.2) is 0 Å². The monoisotopic (exact) mass is 312 g/mol. The van der Waals surface area contributed by atoms with Crippen LogP contribution in [-0.4, -0.2) is 16.9 Å². The van der Waals surface area contributed by atoms with Gasteiger partial charge in [-0.05, 0) is 55.8 Å². The van der Waals surface area contributed by atoms with Gasteiger partial charge in [-0.25, -0.2) is 4.79 Å². The van der Waals surface area contributed by atoms with Crippen LogP contribution in [0.15, 0.2) is 12.2 Å². The third-order valence-electron chi connectivity index (χ3n) is 5.49. The Hall–Kier alpha value is -0.310. The van der Waals surface area contributed by atoms with Crippen molar-refractivity contribution in [3.8, 4) is 0 Å². The van der Waals surface area contributed by atoms with Gasteiger partial charge in [0.05, 0.1) is 0 Å². The van der Waals surface area contributed by atoms with Crippen LogP contribution < -0.4 is 0 Å². The number of carbonyl (C=O) groups is 1. The smallest absolute Gasteiger partial charge is 0.334 e. The molecule has 0 aromatic heterocycles. The van der Waals surface area contributed by atoms with Gasteiger partial charge in [0.2, 0.25) is 0 Å². The largest absolute Gasteiger partial charge is 0.455 e. The number of carbonyl (C=O) groups excluding carboxylic acids is 1. The number of hydrogen-bond acceptors (Lipinski definition) is 2. The Labute approximate surface area is 117 Å². The quantitative estimate of drug-likeness (QED) is 0.451. The summed E-state index contributed by atoms with van der Waals surface area (Å²) in [6.07, 6.45) is 6.25. The molecule has 3 unspecified atom stereocenters. The van der Waals surface area contributed by atoms with E-state index < -0.39 is 0 Å². The molecule has 4 aliphatic rings. The first-order chi connectivity index (χ1) is 8.54. The van der Waals surface area contributed by atoms with Crippen LogP contribution in [0.5, 0.6) is 0 Å². The Morgan fingerprint density at radius 3 is 2.50 bits per heavy atom. The van der Waals surface area contributed by atoms with E-state index in [-0.39, 0.29) is 11.6 Å². The molecule has 100 valence electrons. The zero-order valence-corrected chi connectivity index (χ0v) is 12.5. The molecule has 18 heavy (non-hydrogen) atoms. The fraction of sp³-hybridized carbons (Fsp3) is 0.800. The van der Waals surface area contributed by atoms with Crippen LogP contribution in [0.3, 0.4) is 0 Å². The van der Waals surface area contributed by atoms with Crippen molar-refractivity contribution in [1.82, 2.24) is 0 Å². The standard InChI is InChI=1S/C15H21BrO2/c1-9(8-16)14(17)18-15-6-11-3-12(7-15)5-13(4-11)10(15)2/h10-13H,1,3-8H2,2H3. The minimum atomic E-state index is -0.194. The first-order valence-corrected chi connectivity index (χ1v) is 8.13. The normalized spacial score (nSPS) is 45.0. The predicted molar refractivity (Wildman–Crippen MR) is 74.5 cm³/mol. The summed E-state index contributed by atoms with van der Waals surface area (Å²) in [7, 11) is 0. The molecule has 0 aromatic carbocycles. The van der Waals surface area contributed by atoms with Crippen LogP contribution >= 0.6 is 15.9 Å². The van der Waals surface area contributed by atoms with Gasteiger partial charge in [-0.1, -0.05) is 29.4 Å². The van der Waals surface area contributed by atoms with Crippen molar-refractivity contribution in [1.29, 1.82) is 0 Å². The Bertz CT molecular complexity index is 376. The molecule has 2 nitrogen and oxygen atoms in total. The van der Waals surface area contributed by atoms with Crippen molar-refractivity contribution in [2.24, 2.45) is 23.7 Å². The van der Waals surface area contributed by atoms with E-state index in [0.29, 0.717) is 16.8 Å². The molecule has 4 aliphatic carbocycles. The summed E-state index contributed by atoms with van der Waals surface area (Å²) in [5.74, 6) is 2.70. The fourth-order valence-corrected chi connectivity index (χ4v) is 4.94. The highest BCUT2D eigenvalue weighted by Crippen LogP contribution is 2.59. The van der Waals surface area contributed by atoms with Crippen LogP contribution in [0, 0.1) is 23.7 Å². The van der Waals surface area contributed by atoms with E-state index >= 15 is 0 Å². The minimum absolute atomic E-state index is 0.170. The number of alkyl halides is 1. The van der Waals surface area contributed by atoms with Crippen LogP contribution in [0.4, 0.5) is 0 Å². The number of hydrogen-bond donors (Lipinski definition) is 0. The van der Waals surface area contributed by atoms with Crippen molar-refractivity contribution in [3.05, 3.63) is 12.2 Å². The zero-order valence-electron chi connectivity index (χ0n) is 11.0. The van der Waals surface area contributed by atoms with Gasteiger partial charge >= 0.3 is 5.97 Å². The molecule has 3 atom stereocenters. The molecule has 0 aromatic rings. The van der Waals surface area contributed by atoms with Gasteiger partial charge in [0.25, 0.3) is 0 Å². The van der Waals surface area contributed by atoms with Crippen molar-refractivity contribution in [2.75, 3.05) is 5.33 Å². The van der Waals surface area contributed by atoms with Gasteiger partial charge < -0.3 is 4.74 Å². The van der Waals surface area contributed by atoms with Gasteiger partial charge in [0, 0.05) is 10.9 Å². The Balaban J connectivity index is 1.81. The molecule has 0 heterocycles. The van der Waals surface area contributed by atoms with Crippen LogP contribution in [0.25, 0.3) is 0 Å². The Morgan fingerprint density at radius 1 is 1.33 bits per heavy atom. The molecule has 4 rings (SSSR count). The molecule has 0 radical (unpaired) electrons. The van der Waals surface area contributed by atoms with Gasteiger partial charge in [-0.3, -0.25) is 0 Å². The van der Waals surface area contributed by atoms with Gasteiger partial charge in [0.1, 0.15) is 5.60 Å². The summed E-state index contributed by atoms with van der Waals surface area (Å²) < 4.78 is 5.95. The van der Waals surface area contributed by atoms with Crippen molar-refractivity contribution >= 4 is 21.9 Å². The van der Waals surface area contributed by atoms with E-state index in [2.05, 4.69) is 29.4 Å². The summed E-state index contributed by atoms with van der Waals surface area (Å²) >= 11 is 3.28. The molecule has 0 saturated heterocycles. The van der Waals surface area contributed by atoms with Crippen LogP contribution in [0.2, 0.25) is 0 Å². The third kappa shape index (κ3) is 1.86. The lowest BCUT2D eigenvalue weighted by Crippen LogP contribution is -2.58. The first-order valence-electron chi connectivity index (χ1n) is 7.01. The molecule has 0 amide bonds. The number of ether oxygens (including phenoxy) is 1. The lowest BCUT2D eigenvalue weighted by atomic mass is 9.50. The zero-order chi connectivity index (χ0) is 12.9. The van der Waals surface area contributed by atoms with Crippen molar-refractivity contribution in [2.45, 2.75) is 44.6 Å². The van der Waals surface area contributed by atoms with E-state index in [9.17, 15) is 4.79 Å². The molecular formula is C15H21BrO2. The second kappa shape index (κ2) is 4.36. The maximum absolute atomic E-state index is 12.1. The summed E-state index contributed by atoms with van der Waals surface area (Å²) in [4.78, 5) is 12.1. The second-order valence-corrected chi connectivity index (χ2v) is 7.15. The van der Waals surface area contributed by atoms with E-state index in [1.54, 1.807) is 0 Å². The molecule has 0 spiro atoms. The lowest BCUT2D eigenvalue weighted by molar-refractivity contribution is -0.201. The maximum atomic E-state index is 12.1. The van der Waals surface area contributed by atoms with Gasteiger partial charge in [-0.15, -0.1) is 0 Å². The molecule has 4 bridgehead atoms. The van der Waals surface area contributed by atoms with Crippen LogP contribution in [-0.2, 0) is 9.53 Å². The second-order valence-electron chi connectivity index (χ2n) is 6.59. The average Bonchev–Trinajstić information content (AvgIpc) is 2.33. The summed E-state index contributed by atoms with van der Waals surface area (Å²) in [6.45, 7) is 6.06. The van der Waals surface area contributed by atoms with Crippen molar-refractivity contribution in [3.63, 3.8) is 0 Å². The van der Waals surface area contributed by atoms with Crippen molar-refractivity contribution < 1.29 is 9.53 Å². The van der Waals surface area contributed by atoms with E-state index in [4.69, 9.17) is 4.74 Å². The number of halogens is 1. The van der Waals surface area contributed by atoms with Crippen LogP contribution in [0.1, 0.15) is 39.0 Å². The first kappa shape index (κ1) is 12.7. The number of esters is 1. The molecule has 0 aliphatic heterocycles. The molecule has 4 saturated carbocycles. The SMILES string of the molecule is C=C(CBr)C(=O)OC12CC3CC(CC(C3)C1C)C2. The fourth-order valence-electron chi connectivity index (χ4n) is 4.71. The Kier molecular flexibility index (Phi) is 3.08. The van der Waals surface area contributed by atoms with E-state index in [1.807, 2.05) is 0 Å². The summed E-state index contributed by atoms with van der Waals surface area (Å²) in [5, 5.41) is 0.507. The summed E-state index contributed by atoms with van der Waals surface area (Å²) in [6, 6.07) is 0. The average molecular weight is 313 g/mol. The topological polar surface area (TPSA) is 26.3 Å². The summed E-state index contributed by atoms with van der Waals surface area (Å²) in [5.41, 5.74) is 0.370. The molecule has 3 heteroatoms. The van der Waals surface area contributed by atoms with E-state index in [1.165, 1.54) is 19.3 Å². The molecule has 4 fully saturated rings. The highest BCUT2D eigenvalue weighted by atomic mass is 79.9. The minimum Gasteiger partial charge on any atom is -0.455 e. The third-order valence-corrected chi connectivity index (χ3v) is 6.17. The predicted octanol–water partition coefficient (Wildman–Crippen LogP) is 3.70.